The molecule has 0 aliphatic carbocycles. The molecule has 1 saturated heterocycles. The van der Waals surface area contributed by atoms with E-state index in [1.807, 2.05) is 24.3 Å². The van der Waals surface area contributed by atoms with Crippen molar-refractivity contribution in [2.75, 3.05) is 26.3 Å². The second kappa shape index (κ2) is 9.84. The summed E-state index contributed by atoms with van der Waals surface area (Å²) < 4.78 is 26.9. The van der Waals surface area contributed by atoms with E-state index >= 15 is 0 Å². The first kappa shape index (κ1) is 21.2. The Labute approximate surface area is 187 Å². The summed E-state index contributed by atoms with van der Waals surface area (Å²) in [5.74, 6) is 0.246. The van der Waals surface area contributed by atoms with E-state index in [1.54, 1.807) is 34.1 Å². The van der Waals surface area contributed by atoms with Crippen molar-refractivity contribution in [2.24, 2.45) is 0 Å². The van der Waals surface area contributed by atoms with Gasteiger partial charge in [0.25, 0.3) is 0 Å². The number of nitrogens with zero attached hydrogens (tertiary/aromatic N) is 4. The molecule has 2 aromatic carbocycles. The number of hydrogen-bond acceptors (Lipinski definition) is 5. The van der Waals surface area contributed by atoms with Crippen molar-refractivity contribution in [1.29, 1.82) is 0 Å². The number of morpholine rings is 1. The normalized spacial score (nSPS) is 16.6. The lowest BCUT2D eigenvalue weighted by Gasteiger charge is -2.32. The summed E-state index contributed by atoms with van der Waals surface area (Å²) >= 11 is 3.15. The summed E-state index contributed by atoms with van der Waals surface area (Å²) in [5, 5.41) is 4.09. The van der Waals surface area contributed by atoms with Crippen LogP contribution in [0.3, 0.4) is 0 Å². The maximum absolute atomic E-state index is 13.3. The van der Waals surface area contributed by atoms with Gasteiger partial charge in [-0.2, -0.15) is 5.10 Å². The lowest BCUT2D eigenvalue weighted by Crippen LogP contribution is -2.47. The average molecular weight is 487 g/mol. The van der Waals surface area contributed by atoms with Gasteiger partial charge in [-0.1, -0.05) is 6.07 Å². The number of ether oxygens (including phenoxy) is 2. The lowest BCUT2D eigenvalue weighted by molar-refractivity contribution is -0.134. The third kappa shape index (κ3) is 5.56. The molecule has 1 unspecified atom stereocenters. The van der Waals surface area contributed by atoms with Crippen LogP contribution >= 0.6 is 15.9 Å². The first-order valence-electron chi connectivity index (χ1n) is 9.70. The van der Waals surface area contributed by atoms with Crippen LogP contribution in [0.15, 0.2) is 65.7 Å². The minimum atomic E-state index is -0.340. The summed E-state index contributed by atoms with van der Waals surface area (Å²) in [6.45, 7) is 1.73. The van der Waals surface area contributed by atoms with E-state index in [0.717, 1.165) is 11.3 Å². The van der Waals surface area contributed by atoms with E-state index in [0.29, 0.717) is 36.5 Å². The molecule has 1 amide bonds. The fraction of sp³-hybridized carbons (Fsp3) is 0.227. The third-order valence-electron chi connectivity index (χ3n) is 4.77. The highest BCUT2D eigenvalue weighted by molar-refractivity contribution is 9.10. The molecule has 9 heteroatoms. The molecule has 1 aromatic heterocycles. The molecule has 4 rings (SSSR count). The van der Waals surface area contributed by atoms with Gasteiger partial charge >= 0.3 is 0 Å². The predicted molar refractivity (Wildman–Crippen MR) is 116 cm³/mol. The van der Waals surface area contributed by atoms with E-state index in [2.05, 4.69) is 26.0 Å². The number of rotatable bonds is 6. The largest absolute Gasteiger partial charge is 0.491 e. The summed E-state index contributed by atoms with van der Waals surface area (Å²) in [6, 6.07) is 12.1. The number of aromatic nitrogens is 3. The van der Waals surface area contributed by atoms with Crippen molar-refractivity contribution in [1.82, 2.24) is 19.7 Å². The molecule has 0 bridgehead atoms. The summed E-state index contributed by atoms with van der Waals surface area (Å²) in [7, 11) is 0. The molecule has 0 N–H and O–H groups in total. The van der Waals surface area contributed by atoms with Gasteiger partial charge in [-0.3, -0.25) is 4.79 Å². The van der Waals surface area contributed by atoms with Gasteiger partial charge in [-0.05, 0) is 64.0 Å². The molecule has 2 heterocycles. The van der Waals surface area contributed by atoms with Crippen LogP contribution in [-0.2, 0) is 9.53 Å². The standard InChI is InChI=1S/C22H20BrFN4O3/c23-20-11-16(1-7-21(20)24)2-8-22(29)27-9-10-30-19(12-27)13-31-18-5-3-17(4-6-18)28-15-25-14-26-28/h1-8,11,14-15,19H,9-10,12-13H2/b8-2+. The minimum absolute atomic E-state index is 0.120. The van der Waals surface area contributed by atoms with E-state index in [9.17, 15) is 9.18 Å². The molecule has 160 valence electrons. The molecule has 1 aliphatic rings. The zero-order chi connectivity index (χ0) is 21.6. The van der Waals surface area contributed by atoms with E-state index in [4.69, 9.17) is 9.47 Å². The number of carbonyl (C=O) groups is 1. The quantitative estimate of drug-likeness (QED) is 0.498. The lowest BCUT2D eigenvalue weighted by atomic mass is 10.2. The van der Waals surface area contributed by atoms with Crippen LogP contribution in [0.1, 0.15) is 5.56 Å². The molecular weight excluding hydrogens is 467 g/mol. The van der Waals surface area contributed by atoms with Crippen molar-refractivity contribution >= 4 is 27.9 Å². The molecule has 1 atom stereocenters. The van der Waals surface area contributed by atoms with Crippen LogP contribution in [0.25, 0.3) is 11.8 Å². The van der Waals surface area contributed by atoms with Crippen LogP contribution in [0.5, 0.6) is 5.75 Å². The molecule has 0 spiro atoms. The monoisotopic (exact) mass is 486 g/mol. The Balaban J connectivity index is 1.29. The van der Waals surface area contributed by atoms with Crippen LogP contribution < -0.4 is 4.74 Å². The van der Waals surface area contributed by atoms with Crippen LogP contribution in [0.4, 0.5) is 4.39 Å². The Bertz CT molecular complexity index is 1060. The van der Waals surface area contributed by atoms with Crippen LogP contribution in [0, 0.1) is 5.82 Å². The van der Waals surface area contributed by atoms with Crippen molar-refractivity contribution in [3.8, 4) is 11.4 Å². The number of halogens is 2. The van der Waals surface area contributed by atoms with Gasteiger partial charge in [0.05, 0.1) is 23.3 Å². The topological polar surface area (TPSA) is 69.5 Å². The van der Waals surface area contributed by atoms with E-state index < -0.39 is 0 Å². The molecule has 0 radical (unpaired) electrons. The Hall–Kier alpha value is -3.04. The Morgan fingerprint density at radius 2 is 2.13 bits per heavy atom. The first-order valence-corrected chi connectivity index (χ1v) is 10.5. The van der Waals surface area contributed by atoms with Gasteiger partial charge in [0.2, 0.25) is 5.91 Å². The fourth-order valence-electron chi connectivity index (χ4n) is 3.14. The third-order valence-corrected chi connectivity index (χ3v) is 5.38. The molecular formula is C22H20BrFN4O3. The number of amides is 1. The highest BCUT2D eigenvalue weighted by Crippen LogP contribution is 2.18. The minimum Gasteiger partial charge on any atom is -0.491 e. The summed E-state index contributed by atoms with van der Waals surface area (Å²) in [6.07, 6.45) is 6.04. The highest BCUT2D eigenvalue weighted by Gasteiger charge is 2.23. The maximum atomic E-state index is 13.3. The average Bonchev–Trinajstić information content (AvgIpc) is 3.34. The van der Waals surface area contributed by atoms with Crippen LogP contribution in [0.2, 0.25) is 0 Å². The molecule has 0 saturated carbocycles. The van der Waals surface area contributed by atoms with Gasteiger partial charge in [-0.15, -0.1) is 0 Å². The Morgan fingerprint density at radius 3 is 2.87 bits per heavy atom. The summed E-state index contributed by atoms with van der Waals surface area (Å²) in [5.41, 5.74) is 1.62. The van der Waals surface area contributed by atoms with E-state index in [-0.39, 0.29) is 17.8 Å². The number of benzene rings is 2. The van der Waals surface area contributed by atoms with Gasteiger partial charge in [0, 0.05) is 12.6 Å². The Kier molecular flexibility index (Phi) is 6.73. The molecule has 1 aliphatic heterocycles. The molecule has 31 heavy (non-hydrogen) atoms. The van der Waals surface area contributed by atoms with Crippen molar-refractivity contribution in [2.45, 2.75) is 6.10 Å². The van der Waals surface area contributed by atoms with Gasteiger partial charge < -0.3 is 14.4 Å². The highest BCUT2D eigenvalue weighted by atomic mass is 79.9. The number of carbonyl (C=O) groups excluding carboxylic acids is 1. The zero-order valence-electron chi connectivity index (χ0n) is 16.5. The second-order valence-corrected chi connectivity index (χ2v) is 7.78. The summed E-state index contributed by atoms with van der Waals surface area (Å²) in [4.78, 5) is 18.2. The van der Waals surface area contributed by atoms with E-state index in [1.165, 1.54) is 18.5 Å². The molecule has 3 aromatic rings. The van der Waals surface area contributed by atoms with Gasteiger partial charge in [0.15, 0.2) is 0 Å². The molecule has 7 nitrogen and oxygen atoms in total. The number of hydrogen-bond donors (Lipinski definition) is 0. The van der Waals surface area contributed by atoms with Crippen molar-refractivity contribution in [3.63, 3.8) is 0 Å². The van der Waals surface area contributed by atoms with Gasteiger partial charge in [0.1, 0.15) is 36.9 Å². The zero-order valence-corrected chi connectivity index (χ0v) is 18.1. The smallest absolute Gasteiger partial charge is 0.246 e. The van der Waals surface area contributed by atoms with Gasteiger partial charge in [-0.25, -0.2) is 14.1 Å². The fourth-order valence-corrected chi connectivity index (χ4v) is 3.53. The van der Waals surface area contributed by atoms with Crippen LogP contribution in [-0.4, -0.2) is 58.0 Å². The molecule has 1 fully saturated rings. The Morgan fingerprint density at radius 1 is 1.29 bits per heavy atom. The maximum Gasteiger partial charge on any atom is 0.246 e. The van der Waals surface area contributed by atoms with Crippen molar-refractivity contribution < 1.29 is 18.7 Å². The predicted octanol–water partition coefficient (Wildman–Crippen LogP) is 3.49. The SMILES string of the molecule is O=C(/C=C/c1ccc(F)c(Br)c1)N1CCOC(COc2ccc(-n3cncn3)cc2)C1. The first-order chi connectivity index (χ1) is 15.1. The second-order valence-electron chi connectivity index (χ2n) is 6.93. The van der Waals surface area contributed by atoms with Crippen molar-refractivity contribution in [3.05, 3.63) is 77.0 Å².